The number of nitrogens with one attached hydrogen (secondary N) is 1. The predicted molar refractivity (Wildman–Crippen MR) is 136 cm³/mol. The molecule has 0 saturated heterocycles. The van der Waals surface area contributed by atoms with Crippen LogP contribution < -0.4 is 5.32 Å². The van der Waals surface area contributed by atoms with Gasteiger partial charge in [0.05, 0.1) is 17.2 Å². The minimum absolute atomic E-state index is 0.0496. The zero-order valence-electron chi connectivity index (χ0n) is 19.7. The van der Waals surface area contributed by atoms with E-state index in [9.17, 15) is 18.0 Å². The van der Waals surface area contributed by atoms with Gasteiger partial charge < -0.3 is 5.32 Å². The van der Waals surface area contributed by atoms with Crippen molar-refractivity contribution in [1.82, 2.24) is 15.2 Å². The number of sulfone groups is 1. The number of hydrogen-bond donors (Lipinski definition) is 1. The number of halogens is 1. The van der Waals surface area contributed by atoms with Gasteiger partial charge in [-0.05, 0) is 53.9 Å². The molecule has 1 aromatic heterocycles. The van der Waals surface area contributed by atoms with Crippen molar-refractivity contribution in [3.63, 3.8) is 0 Å². The summed E-state index contributed by atoms with van der Waals surface area (Å²) in [7, 11) is -3.30. The summed E-state index contributed by atoms with van der Waals surface area (Å²) in [6.07, 6.45) is 2.22. The van der Waals surface area contributed by atoms with Crippen molar-refractivity contribution < 1.29 is 18.0 Å². The second-order valence-electron chi connectivity index (χ2n) is 8.43. The first-order valence-corrected chi connectivity index (χ1v) is 13.5. The van der Waals surface area contributed by atoms with Crippen molar-refractivity contribution in [2.24, 2.45) is 11.0 Å². The Bertz CT molecular complexity index is 1410. The van der Waals surface area contributed by atoms with Gasteiger partial charge in [0, 0.05) is 24.3 Å². The van der Waals surface area contributed by atoms with Crippen LogP contribution in [0.1, 0.15) is 41.4 Å². The zero-order chi connectivity index (χ0) is 25.9. The molecule has 2 amide bonds. The summed E-state index contributed by atoms with van der Waals surface area (Å²) in [5.74, 6) is -0.552. The topological polar surface area (TPSA) is 122 Å². The predicted octanol–water partition coefficient (Wildman–Crippen LogP) is 3.95. The molecule has 186 valence electrons. The van der Waals surface area contributed by atoms with Gasteiger partial charge in [0.2, 0.25) is 5.91 Å². The number of hydrazone groups is 1. The lowest BCUT2D eigenvalue weighted by Gasteiger charge is -2.29. The van der Waals surface area contributed by atoms with E-state index < -0.39 is 15.7 Å². The van der Waals surface area contributed by atoms with E-state index in [0.29, 0.717) is 12.1 Å². The van der Waals surface area contributed by atoms with Crippen LogP contribution in [0.2, 0.25) is 5.15 Å². The minimum atomic E-state index is -3.30. The molecule has 0 spiro atoms. The lowest BCUT2D eigenvalue weighted by Crippen LogP contribution is -2.36. The Morgan fingerprint density at radius 1 is 1.06 bits per heavy atom. The Kier molecular flexibility index (Phi) is 7.46. The number of aromatic nitrogens is 2. The number of hydrogen-bond acceptors (Lipinski definition) is 7. The molecular formula is C25H24ClN5O4S. The Labute approximate surface area is 214 Å². The molecular weight excluding hydrogens is 502 g/mol. The molecule has 1 atom stereocenters. The smallest absolute Gasteiger partial charge is 0.276 e. The molecule has 0 aliphatic carbocycles. The van der Waals surface area contributed by atoms with Crippen molar-refractivity contribution in [2.75, 3.05) is 11.6 Å². The third-order valence-electron chi connectivity index (χ3n) is 5.80. The Morgan fingerprint density at radius 3 is 2.33 bits per heavy atom. The lowest BCUT2D eigenvalue weighted by atomic mass is 9.90. The summed E-state index contributed by atoms with van der Waals surface area (Å²) < 4.78 is 23.6. The first-order chi connectivity index (χ1) is 17.1. The van der Waals surface area contributed by atoms with Gasteiger partial charge in [0.25, 0.3) is 5.91 Å². The Balaban J connectivity index is 1.49. The average Bonchev–Trinajstić information content (AvgIpc) is 2.86. The van der Waals surface area contributed by atoms with E-state index in [1.807, 2.05) is 6.92 Å². The maximum atomic E-state index is 12.8. The van der Waals surface area contributed by atoms with Crippen molar-refractivity contribution in [2.45, 2.75) is 31.2 Å². The number of nitrogens with zero attached hydrogens (tertiary/aromatic N) is 4. The van der Waals surface area contributed by atoms with Gasteiger partial charge in [-0.2, -0.15) is 5.10 Å². The quantitative estimate of drug-likeness (QED) is 0.498. The molecule has 0 saturated carbocycles. The van der Waals surface area contributed by atoms with E-state index in [2.05, 4.69) is 20.6 Å². The standard InChI is InChI=1S/C25H24ClN5O4S/c1-3-17-14-23(32)31(30-24(17)18-6-10-20(11-7-18)36(2,34)35)15-16-4-8-19(9-5-16)27-25(33)21-12-13-22(26)29-28-21/h4-13,17H,3,14-15H2,1-2H3,(H,27,33). The van der Waals surface area contributed by atoms with Crippen LogP contribution in [0.3, 0.4) is 0 Å². The highest BCUT2D eigenvalue weighted by atomic mass is 35.5. The van der Waals surface area contributed by atoms with Gasteiger partial charge >= 0.3 is 0 Å². The van der Waals surface area contributed by atoms with Crippen LogP contribution in [0.4, 0.5) is 5.69 Å². The van der Waals surface area contributed by atoms with Crippen LogP contribution in [0.25, 0.3) is 0 Å². The van der Waals surface area contributed by atoms with Crippen LogP contribution in [-0.4, -0.2) is 47.4 Å². The Morgan fingerprint density at radius 2 is 1.75 bits per heavy atom. The molecule has 11 heteroatoms. The molecule has 2 aromatic carbocycles. The van der Waals surface area contributed by atoms with E-state index >= 15 is 0 Å². The first-order valence-electron chi connectivity index (χ1n) is 11.2. The summed E-state index contributed by atoms with van der Waals surface area (Å²) in [6, 6.07) is 16.6. The fourth-order valence-electron chi connectivity index (χ4n) is 3.81. The van der Waals surface area contributed by atoms with Gasteiger partial charge in [-0.15, -0.1) is 10.2 Å². The highest BCUT2D eigenvalue weighted by Crippen LogP contribution is 2.26. The molecule has 1 aliphatic heterocycles. The molecule has 0 radical (unpaired) electrons. The second-order valence-corrected chi connectivity index (χ2v) is 10.8. The highest BCUT2D eigenvalue weighted by molar-refractivity contribution is 7.90. The van der Waals surface area contributed by atoms with Crippen LogP contribution >= 0.6 is 11.6 Å². The van der Waals surface area contributed by atoms with Gasteiger partial charge in [-0.3, -0.25) is 9.59 Å². The van der Waals surface area contributed by atoms with Crippen molar-refractivity contribution >= 4 is 44.7 Å². The number of rotatable bonds is 7. The van der Waals surface area contributed by atoms with Crippen LogP contribution in [0.5, 0.6) is 0 Å². The van der Waals surface area contributed by atoms with Crippen LogP contribution in [0, 0.1) is 5.92 Å². The van der Waals surface area contributed by atoms with Gasteiger partial charge in [0.1, 0.15) is 0 Å². The largest absolute Gasteiger partial charge is 0.321 e. The maximum Gasteiger partial charge on any atom is 0.276 e. The summed E-state index contributed by atoms with van der Waals surface area (Å²) in [4.78, 5) is 25.3. The maximum absolute atomic E-state index is 12.8. The van der Waals surface area contributed by atoms with Crippen LogP contribution in [-0.2, 0) is 21.2 Å². The van der Waals surface area contributed by atoms with Crippen molar-refractivity contribution in [1.29, 1.82) is 0 Å². The monoisotopic (exact) mass is 525 g/mol. The van der Waals surface area contributed by atoms with Crippen molar-refractivity contribution in [3.8, 4) is 0 Å². The zero-order valence-corrected chi connectivity index (χ0v) is 21.3. The fourth-order valence-corrected chi connectivity index (χ4v) is 4.54. The third-order valence-corrected chi connectivity index (χ3v) is 7.13. The van der Waals surface area contributed by atoms with E-state index in [1.165, 1.54) is 17.1 Å². The second kappa shape index (κ2) is 10.5. The Hall–Kier alpha value is -3.63. The molecule has 1 aliphatic rings. The summed E-state index contributed by atoms with van der Waals surface area (Å²) in [5.41, 5.74) is 3.07. The SMILES string of the molecule is CCC1CC(=O)N(Cc2ccc(NC(=O)c3ccc(Cl)nn3)cc2)N=C1c1ccc(S(C)(=O)=O)cc1. The van der Waals surface area contributed by atoms with Gasteiger partial charge in [-0.1, -0.05) is 42.8 Å². The number of amides is 2. The first kappa shape index (κ1) is 25.5. The number of carbonyl (C=O) groups excluding carboxylic acids is 2. The molecule has 1 unspecified atom stereocenters. The molecule has 0 bridgehead atoms. The molecule has 2 heterocycles. The molecule has 4 rings (SSSR count). The van der Waals surface area contributed by atoms with E-state index in [-0.39, 0.29) is 34.1 Å². The molecule has 1 N–H and O–H groups in total. The summed E-state index contributed by atoms with van der Waals surface area (Å²) in [6.45, 7) is 2.26. The normalized spacial score (nSPS) is 16.0. The number of carbonyl (C=O) groups is 2. The third kappa shape index (κ3) is 5.95. The molecule has 36 heavy (non-hydrogen) atoms. The van der Waals surface area contributed by atoms with E-state index in [4.69, 9.17) is 11.6 Å². The highest BCUT2D eigenvalue weighted by Gasteiger charge is 2.29. The number of benzene rings is 2. The van der Waals surface area contributed by atoms with Gasteiger partial charge in [-0.25, -0.2) is 13.4 Å². The number of anilines is 1. The minimum Gasteiger partial charge on any atom is -0.321 e. The van der Waals surface area contributed by atoms with E-state index in [1.54, 1.807) is 48.5 Å². The molecule has 0 fully saturated rings. The van der Waals surface area contributed by atoms with Crippen molar-refractivity contribution in [3.05, 3.63) is 82.6 Å². The summed E-state index contributed by atoms with van der Waals surface area (Å²) in [5, 5.41) is 16.4. The lowest BCUT2D eigenvalue weighted by molar-refractivity contribution is -0.133. The van der Waals surface area contributed by atoms with E-state index in [0.717, 1.165) is 29.5 Å². The average molecular weight is 526 g/mol. The van der Waals surface area contributed by atoms with Gasteiger partial charge in [0.15, 0.2) is 20.7 Å². The molecule has 3 aromatic rings. The van der Waals surface area contributed by atoms with Crippen LogP contribution in [0.15, 0.2) is 70.7 Å². The summed E-state index contributed by atoms with van der Waals surface area (Å²) >= 11 is 5.70. The fraction of sp³-hybridized carbons (Fsp3) is 0.240. The molecule has 9 nitrogen and oxygen atoms in total.